The van der Waals surface area contributed by atoms with Gasteiger partial charge in [0.15, 0.2) is 0 Å². The fourth-order valence-corrected chi connectivity index (χ4v) is 2.43. The smallest absolute Gasteiger partial charge is 0.336 e. The second kappa shape index (κ2) is 7.14. The van der Waals surface area contributed by atoms with E-state index in [2.05, 4.69) is 13.8 Å². The zero-order chi connectivity index (χ0) is 17.0. The predicted molar refractivity (Wildman–Crippen MR) is 93.8 cm³/mol. The molecular weight excluding hydrogens is 288 g/mol. The molecule has 23 heavy (non-hydrogen) atoms. The van der Waals surface area contributed by atoms with Gasteiger partial charge in [-0.25, -0.2) is 4.79 Å². The van der Waals surface area contributed by atoms with E-state index in [4.69, 9.17) is 4.74 Å². The first-order valence-corrected chi connectivity index (χ1v) is 7.62. The lowest BCUT2D eigenvalue weighted by Crippen LogP contribution is -2.02. The van der Waals surface area contributed by atoms with Crippen molar-refractivity contribution in [2.75, 3.05) is 7.11 Å². The summed E-state index contributed by atoms with van der Waals surface area (Å²) < 4.78 is 5.32. The van der Waals surface area contributed by atoms with Gasteiger partial charge in [-0.2, -0.15) is 0 Å². The zero-order valence-electron chi connectivity index (χ0n) is 14.0. The number of ether oxygens (including phenoxy) is 1. The highest BCUT2D eigenvalue weighted by Gasteiger charge is 2.15. The summed E-state index contributed by atoms with van der Waals surface area (Å²) in [6, 6.07) is 13.5. The van der Waals surface area contributed by atoms with Gasteiger partial charge in [-0.3, -0.25) is 0 Å². The van der Waals surface area contributed by atoms with Crippen molar-refractivity contribution in [2.24, 2.45) is 0 Å². The highest BCUT2D eigenvalue weighted by molar-refractivity contribution is 6.21. The van der Waals surface area contributed by atoms with Crippen molar-refractivity contribution in [3.05, 3.63) is 64.7 Å². The minimum atomic E-state index is -0.971. The van der Waals surface area contributed by atoms with E-state index in [9.17, 15) is 9.90 Å². The van der Waals surface area contributed by atoms with Crippen LogP contribution in [0.4, 0.5) is 0 Å². The van der Waals surface area contributed by atoms with Gasteiger partial charge in [0, 0.05) is 5.56 Å². The lowest BCUT2D eigenvalue weighted by Gasteiger charge is -2.11. The molecule has 3 nitrogen and oxygen atoms in total. The van der Waals surface area contributed by atoms with Gasteiger partial charge in [-0.05, 0) is 42.2 Å². The quantitative estimate of drug-likeness (QED) is 0.640. The molecule has 0 aliphatic rings. The summed E-state index contributed by atoms with van der Waals surface area (Å²) in [5.74, 6) is 0.0359. The topological polar surface area (TPSA) is 46.5 Å². The van der Waals surface area contributed by atoms with Crippen molar-refractivity contribution >= 4 is 17.6 Å². The van der Waals surface area contributed by atoms with Crippen LogP contribution < -0.4 is 4.74 Å². The monoisotopic (exact) mass is 310 g/mol. The Bertz CT molecular complexity index is 725. The Morgan fingerprint density at radius 2 is 1.78 bits per heavy atom. The van der Waals surface area contributed by atoms with Gasteiger partial charge in [0.25, 0.3) is 0 Å². The van der Waals surface area contributed by atoms with Gasteiger partial charge in [0.2, 0.25) is 0 Å². The van der Waals surface area contributed by atoms with E-state index in [0.717, 1.165) is 11.1 Å². The SMILES string of the molecule is COc1ccc(C)cc1/C(=C/c1ccc(C(C)C)cc1)C(=O)O. The molecule has 1 N–H and O–H groups in total. The van der Waals surface area contributed by atoms with Crippen LogP contribution in [0, 0.1) is 6.92 Å². The summed E-state index contributed by atoms with van der Waals surface area (Å²) in [6.07, 6.45) is 1.68. The first kappa shape index (κ1) is 16.8. The Morgan fingerprint density at radius 3 is 2.30 bits per heavy atom. The fourth-order valence-electron chi connectivity index (χ4n) is 2.43. The van der Waals surface area contributed by atoms with E-state index in [1.54, 1.807) is 19.3 Å². The Balaban J connectivity index is 2.50. The lowest BCUT2D eigenvalue weighted by molar-refractivity contribution is -0.130. The van der Waals surface area contributed by atoms with Crippen LogP contribution in [0.15, 0.2) is 42.5 Å². The Labute approximate surface area is 137 Å². The van der Waals surface area contributed by atoms with Crippen LogP contribution in [0.25, 0.3) is 11.6 Å². The molecule has 0 aromatic heterocycles. The second-order valence-electron chi connectivity index (χ2n) is 5.89. The summed E-state index contributed by atoms with van der Waals surface area (Å²) in [4.78, 5) is 11.7. The summed E-state index contributed by atoms with van der Waals surface area (Å²) in [7, 11) is 1.55. The first-order valence-electron chi connectivity index (χ1n) is 7.62. The third-order valence-electron chi connectivity index (χ3n) is 3.79. The number of carboxylic acid groups (broad SMARTS) is 1. The van der Waals surface area contributed by atoms with Gasteiger partial charge in [0.1, 0.15) is 5.75 Å². The maximum absolute atomic E-state index is 11.7. The summed E-state index contributed by atoms with van der Waals surface area (Å²) in [6.45, 7) is 6.19. The molecule has 2 aromatic rings. The number of rotatable bonds is 5. The third kappa shape index (κ3) is 4.01. The van der Waals surface area contributed by atoms with Gasteiger partial charge in [-0.15, -0.1) is 0 Å². The molecule has 0 unspecified atom stereocenters. The van der Waals surface area contributed by atoms with Gasteiger partial charge in [-0.1, -0.05) is 49.7 Å². The maximum atomic E-state index is 11.7. The second-order valence-corrected chi connectivity index (χ2v) is 5.89. The minimum absolute atomic E-state index is 0.225. The highest BCUT2D eigenvalue weighted by atomic mass is 16.5. The van der Waals surface area contributed by atoms with E-state index in [0.29, 0.717) is 17.2 Å². The highest BCUT2D eigenvalue weighted by Crippen LogP contribution is 2.29. The summed E-state index contributed by atoms with van der Waals surface area (Å²) >= 11 is 0. The molecule has 0 aliphatic carbocycles. The van der Waals surface area contributed by atoms with Crippen LogP contribution >= 0.6 is 0 Å². The average molecular weight is 310 g/mol. The van der Waals surface area contributed by atoms with Crippen molar-refractivity contribution < 1.29 is 14.6 Å². The van der Waals surface area contributed by atoms with E-state index in [1.807, 2.05) is 43.3 Å². The molecule has 0 fully saturated rings. The molecule has 0 aliphatic heterocycles. The molecule has 0 saturated carbocycles. The molecule has 0 radical (unpaired) electrons. The van der Waals surface area contributed by atoms with Crippen LogP contribution in [-0.4, -0.2) is 18.2 Å². The maximum Gasteiger partial charge on any atom is 0.336 e. The molecule has 120 valence electrons. The average Bonchev–Trinajstić information content (AvgIpc) is 2.52. The molecule has 3 heteroatoms. The largest absolute Gasteiger partial charge is 0.496 e. The van der Waals surface area contributed by atoms with Crippen LogP contribution in [0.5, 0.6) is 5.75 Å². The molecule has 2 aromatic carbocycles. The Morgan fingerprint density at radius 1 is 1.13 bits per heavy atom. The van der Waals surface area contributed by atoms with E-state index >= 15 is 0 Å². The van der Waals surface area contributed by atoms with E-state index in [1.165, 1.54) is 5.56 Å². The summed E-state index contributed by atoms with van der Waals surface area (Å²) in [5, 5.41) is 9.62. The number of hydrogen-bond donors (Lipinski definition) is 1. The number of aryl methyl sites for hydroxylation is 1. The summed E-state index contributed by atoms with van der Waals surface area (Å²) in [5.41, 5.74) is 3.89. The van der Waals surface area contributed by atoms with Crippen molar-refractivity contribution in [1.29, 1.82) is 0 Å². The van der Waals surface area contributed by atoms with Gasteiger partial charge in [0.05, 0.1) is 12.7 Å². The zero-order valence-corrected chi connectivity index (χ0v) is 14.0. The Hall–Kier alpha value is -2.55. The van der Waals surface area contributed by atoms with Crippen molar-refractivity contribution in [1.82, 2.24) is 0 Å². The Kier molecular flexibility index (Phi) is 5.22. The predicted octanol–water partition coefficient (Wildman–Crippen LogP) is 4.75. The van der Waals surface area contributed by atoms with Gasteiger partial charge < -0.3 is 9.84 Å². The molecule has 0 amide bonds. The van der Waals surface area contributed by atoms with Crippen LogP contribution in [0.3, 0.4) is 0 Å². The first-order chi connectivity index (χ1) is 10.9. The van der Waals surface area contributed by atoms with E-state index in [-0.39, 0.29) is 5.57 Å². The number of carboxylic acids is 1. The van der Waals surface area contributed by atoms with Crippen LogP contribution in [0.1, 0.15) is 42.0 Å². The van der Waals surface area contributed by atoms with Crippen LogP contribution in [0.2, 0.25) is 0 Å². The molecule has 0 spiro atoms. The number of hydrogen-bond acceptors (Lipinski definition) is 2. The number of aliphatic carboxylic acids is 1. The van der Waals surface area contributed by atoms with E-state index < -0.39 is 5.97 Å². The third-order valence-corrected chi connectivity index (χ3v) is 3.79. The van der Waals surface area contributed by atoms with Gasteiger partial charge >= 0.3 is 5.97 Å². The van der Waals surface area contributed by atoms with Crippen molar-refractivity contribution in [2.45, 2.75) is 26.7 Å². The molecule has 0 bridgehead atoms. The molecule has 0 heterocycles. The minimum Gasteiger partial charge on any atom is -0.496 e. The number of methoxy groups -OCH3 is 1. The normalized spacial score (nSPS) is 11.6. The molecule has 0 saturated heterocycles. The fraction of sp³-hybridized carbons (Fsp3) is 0.250. The number of benzene rings is 2. The molecule has 2 rings (SSSR count). The standard InChI is InChI=1S/C20H22O3/c1-13(2)16-8-6-15(7-9-16)12-18(20(21)22)17-11-14(3)5-10-19(17)23-4/h5-13H,1-4H3,(H,21,22)/b18-12-. The lowest BCUT2D eigenvalue weighted by atomic mass is 9.98. The number of carbonyl (C=O) groups is 1. The van der Waals surface area contributed by atoms with Crippen molar-refractivity contribution in [3.63, 3.8) is 0 Å². The van der Waals surface area contributed by atoms with Crippen LogP contribution in [-0.2, 0) is 4.79 Å². The van der Waals surface area contributed by atoms with Crippen molar-refractivity contribution in [3.8, 4) is 5.75 Å². The molecule has 0 atom stereocenters. The molecular formula is C20H22O3.